The largest absolute Gasteiger partial charge is 0.350 e. The van der Waals surface area contributed by atoms with Crippen molar-refractivity contribution < 1.29 is 4.79 Å². The summed E-state index contributed by atoms with van der Waals surface area (Å²) in [6, 6.07) is 19.7. The average Bonchev–Trinajstić information content (AvgIpc) is 2.69. The molecular formula is C23H26N4O. The minimum atomic E-state index is -0.0950. The van der Waals surface area contributed by atoms with Crippen LogP contribution in [0.3, 0.4) is 0 Å². The van der Waals surface area contributed by atoms with Crippen molar-refractivity contribution in [1.82, 2.24) is 20.4 Å². The van der Waals surface area contributed by atoms with Gasteiger partial charge in [0.05, 0.1) is 17.4 Å². The molecule has 0 bridgehead atoms. The highest BCUT2D eigenvalue weighted by Crippen LogP contribution is 2.22. The van der Waals surface area contributed by atoms with Crippen molar-refractivity contribution in [2.75, 3.05) is 20.6 Å². The van der Waals surface area contributed by atoms with Crippen LogP contribution in [0.5, 0.6) is 0 Å². The number of hydrogen-bond acceptors (Lipinski definition) is 4. The standard InChI is InChI=1S/C23H26N4O/c1-16-8-5-6-11-20(16)22(27(3)4)15-24-23(28)19-10-7-9-18(14-19)21-13-12-17(2)25-26-21/h5-14,22H,15H2,1-4H3,(H,24,28)/t22-/m1/s1. The van der Waals surface area contributed by atoms with Crippen LogP contribution < -0.4 is 5.32 Å². The van der Waals surface area contributed by atoms with Gasteiger partial charge in [-0.1, -0.05) is 36.4 Å². The van der Waals surface area contributed by atoms with E-state index in [1.54, 1.807) is 0 Å². The van der Waals surface area contributed by atoms with Crippen LogP contribution in [-0.2, 0) is 0 Å². The first kappa shape index (κ1) is 19.7. The molecule has 5 heteroatoms. The number of amides is 1. The fourth-order valence-corrected chi connectivity index (χ4v) is 3.20. The van der Waals surface area contributed by atoms with Gasteiger partial charge in [-0.3, -0.25) is 4.79 Å². The summed E-state index contributed by atoms with van der Waals surface area (Å²) in [6.45, 7) is 4.53. The van der Waals surface area contributed by atoms with E-state index in [0.29, 0.717) is 12.1 Å². The highest BCUT2D eigenvalue weighted by molar-refractivity contribution is 5.95. The van der Waals surface area contributed by atoms with E-state index in [1.165, 1.54) is 11.1 Å². The zero-order valence-electron chi connectivity index (χ0n) is 16.8. The Bertz CT molecular complexity index is 951. The molecule has 1 amide bonds. The molecule has 3 rings (SSSR count). The summed E-state index contributed by atoms with van der Waals surface area (Å²) in [4.78, 5) is 14.9. The summed E-state index contributed by atoms with van der Waals surface area (Å²) >= 11 is 0. The molecule has 0 spiro atoms. The molecule has 0 unspecified atom stereocenters. The summed E-state index contributed by atoms with van der Waals surface area (Å²) in [7, 11) is 4.06. The van der Waals surface area contributed by atoms with Crippen LogP contribution in [0.25, 0.3) is 11.3 Å². The van der Waals surface area contributed by atoms with E-state index in [1.807, 2.05) is 69.6 Å². The van der Waals surface area contributed by atoms with Gasteiger partial charge in [0.2, 0.25) is 0 Å². The molecule has 0 aliphatic carbocycles. The van der Waals surface area contributed by atoms with Crippen molar-refractivity contribution in [2.45, 2.75) is 19.9 Å². The first-order valence-electron chi connectivity index (χ1n) is 9.36. The molecule has 28 heavy (non-hydrogen) atoms. The second-order valence-electron chi connectivity index (χ2n) is 7.19. The lowest BCUT2D eigenvalue weighted by molar-refractivity contribution is 0.0942. The van der Waals surface area contributed by atoms with E-state index < -0.39 is 0 Å². The normalized spacial score (nSPS) is 12.0. The molecule has 1 aromatic heterocycles. The number of carbonyl (C=O) groups is 1. The maximum Gasteiger partial charge on any atom is 0.251 e. The maximum atomic E-state index is 12.8. The number of benzene rings is 2. The van der Waals surface area contributed by atoms with Gasteiger partial charge in [-0.15, -0.1) is 0 Å². The lowest BCUT2D eigenvalue weighted by atomic mass is 10.00. The fourth-order valence-electron chi connectivity index (χ4n) is 3.20. The number of likely N-dealkylation sites (N-methyl/N-ethyl adjacent to an activating group) is 1. The molecule has 0 saturated heterocycles. The van der Waals surface area contributed by atoms with Crippen molar-refractivity contribution in [3.63, 3.8) is 0 Å². The van der Waals surface area contributed by atoms with Crippen LogP contribution in [0.15, 0.2) is 60.7 Å². The molecule has 0 aliphatic rings. The quantitative estimate of drug-likeness (QED) is 0.713. The summed E-state index contributed by atoms with van der Waals surface area (Å²) < 4.78 is 0. The van der Waals surface area contributed by atoms with Gasteiger partial charge in [-0.05, 0) is 63.3 Å². The monoisotopic (exact) mass is 374 g/mol. The van der Waals surface area contributed by atoms with Crippen LogP contribution >= 0.6 is 0 Å². The zero-order valence-corrected chi connectivity index (χ0v) is 16.8. The van der Waals surface area contributed by atoms with Gasteiger partial charge in [0.1, 0.15) is 0 Å². The van der Waals surface area contributed by atoms with E-state index in [4.69, 9.17) is 0 Å². The van der Waals surface area contributed by atoms with Gasteiger partial charge < -0.3 is 10.2 Å². The number of aromatic nitrogens is 2. The predicted octanol–water partition coefficient (Wildman–Crippen LogP) is 3.79. The Labute approximate surface area is 166 Å². The highest BCUT2D eigenvalue weighted by Gasteiger charge is 2.17. The van der Waals surface area contributed by atoms with Gasteiger partial charge in [0, 0.05) is 17.7 Å². The molecule has 1 heterocycles. The SMILES string of the molecule is Cc1ccc(-c2cccc(C(=O)NC[C@H](c3ccccc3C)N(C)C)c2)nn1. The Hall–Kier alpha value is -3.05. The number of carbonyl (C=O) groups excluding carboxylic acids is 1. The van der Waals surface area contributed by atoms with Gasteiger partial charge >= 0.3 is 0 Å². The first-order valence-corrected chi connectivity index (χ1v) is 9.36. The highest BCUT2D eigenvalue weighted by atomic mass is 16.1. The average molecular weight is 374 g/mol. The summed E-state index contributed by atoms with van der Waals surface area (Å²) in [5.41, 5.74) is 5.55. The molecule has 2 aromatic carbocycles. The number of nitrogens with one attached hydrogen (secondary N) is 1. The molecule has 0 aliphatic heterocycles. The second kappa shape index (κ2) is 8.76. The zero-order chi connectivity index (χ0) is 20.1. The van der Waals surface area contributed by atoms with Crippen molar-refractivity contribution in [2.24, 2.45) is 0 Å². The summed E-state index contributed by atoms with van der Waals surface area (Å²) in [6.07, 6.45) is 0. The topological polar surface area (TPSA) is 58.1 Å². The van der Waals surface area contributed by atoms with Gasteiger partial charge in [-0.2, -0.15) is 10.2 Å². The third kappa shape index (κ3) is 4.61. The van der Waals surface area contributed by atoms with Gasteiger partial charge in [0.25, 0.3) is 5.91 Å². The van der Waals surface area contributed by atoms with E-state index in [-0.39, 0.29) is 11.9 Å². The second-order valence-corrected chi connectivity index (χ2v) is 7.19. The number of nitrogens with zero attached hydrogens (tertiary/aromatic N) is 3. The molecule has 1 atom stereocenters. The molecule has 1 N–H and O–H groups in total. The molecule has 0 saturated carbocycles. The minimum Gasteiger partial charge on any atom is -0.350 e. The lowest BCUT2D eigenvalue weighted by Gasteiger charge is -2.26. The first-order chi connectivity index (χ1) is 13.5. The number of hydrogen-bond donors (Lipinski definition) is 1. The Balaban J connectivity index is 1.74. The molecular weight excluding hydrogens is 348 g/mol. The van der Waals surface area contributed by atoms with Gasteiger partial charge in [-0.25, -0.2) is 0 Å². The van der Waals surface area contributed by atoms with E-state index >= 15 is 0 Å². The summed E-state index contributed by atoms with van der Waals surface area (Å²) in [5.74, 6) is -0.0950. The predicted molar refractivity (Wildman–Crippen MR) is 112 cm³/mol. The number of aryl methyl sites for hydroxylation is 2. The lowest BCUT2D eigenvalue weighted by Crippen LogP contribution is -2.34. The Kier molecular flexibility index (Phi) is 6.16. The van der Waals surface area contributed by atoms with Crippen molar-refractivity contribution in [3.8, 4) is 11.3 Å². The Morgan fingerprint density at radius 3 is 2.46 bits per heavy atom. The fraction of sp³-hybridized carbons (Fsp3) is 0.261. The van der Waals surface area contributed by atoms with Crippen LogP contribution in [0.2, 0.25) is 0 Å². The molecule has 0 fully saturated rings. The van der Waals surface area contributed by atoms with Crippen LogP contribution in [-0.4, -0.2) is 41.6 Å². The van der Waals surface area contributed by atoms with E-state index in [2.05, 4.69) is 39.5 Å². The Morgan fingerprint density at radius 2 is 1.79 bits per heavy atom. The van der Waals surface area contributed by atoms with Gasteiger partial charge in [0.15, 0.2) is 0 Å². The van der Waals surface area contributed by atoms with Crippen molar-refractivity contribution >= 4 is 5.91 Å². The van der Waals surface area contributed by atoms with Crippen LogP contribution in [0.4, 0.5) is 0 Å². The molecule has 144 valence electrons. The minimum absolute atomic E-state index is 0.0950. The maximum absolute atomic E-state index is 12.8. The summed E-state index contributed by atoms with van der Waals surface area (Å²) in [5, 5.41) is 11.4. The van der Waals surface area contributed by atoms with E-state index in [0.717, 1.165) is 17.0 Å². The van der Waals surface area contributed by atoms with Crippen LogP contribution in [0.1, 0.15) is 33.2 Å². The Morgan fingerprint density at radius 1 is 1.00 bits per heavy atom. The molecule has 0 radical (unpaired) electrons. The van der Waals surface area contributed by atoms with Crippen LogP contribution in [0, 0.1) is 13.8 Å². The molecule has 5 nitrogen and oxygen atoms in total. The third-order valence-corrected chi connectivity index (χ3v) is 4.85. The van der Waals surface area contributed by atoms with E-state index in [9.17, 15) is 4.79 Å². The smallest absolute Gasteiger partial charge is 0.251 e. The molecule has 3 aromatic rings. The van der Waals surface area contributed by atoms with Crippen molar-refractivity contribution in [3.05, 3.63) is 83.0 Å². The number of rotatable bonds is 6. The third-order valence-electron chi connectivity index (χ3n) is 4.85. The van der Waals surface area contributed by atoms with Crippen molar-refractivity contribution in [1.29, 1.82) is 0 Å².